The summed E-state index contributed by atoms with van der Waals surface area (Å²) < 4.78 is 0.319. The molecule has 0 aromatic rings. The molecule has 0 bridgehead atoms. The molecule has 0 spiro atoms. The fraction of sp³-hybridized carbons (Fsp3) is 1.00. The third-order valence-electron chi connectivity index (χ3n) is 0.484. The molecule has 1 nitrogen and oxygen atoms in total. The van der Waals surface area contributed by atoms with Crippen LogP contribution in [-0.2, 0) is 0 Å². The van der Waals surface area contributed by atoms with Gasteiger partial charge in [-0.2, -0.15) is 0 Å². The van der Waals surface area contributed by atoms with E-state index in [4.69, 9.17) is 5.11 Å². The molecular formula is C8H22OS2. The van der Waals surface area contributed by atoms with Gasteiger partial charge in [-0.25, -0.2) is 0 Å². The van der Waals surface area contributed by atoms with Gasteiger partial charge in [-0.1, -0.05) is 57.2 Å². The lowest BCUT2D eigenvalue weighted by molar-refractivity contribution is 0.323. The summed E-state index contributed by atoms with van der Waals surface area (Å²) in [4.78, 5) is 0. The second-order valence-corrected chi connectivity index (χ2v) is 5.98. The van der Waals surface area contributed by atoms with E-state index in [2.05, 4.69) is 20.8 Å². The summed E-state index contributed by atoms with van der Waals surface area (Å²) in [5.41, 5.74) is 0. The van der Waals surface area contributed by atoms with E-state index < -0.39 is 0 Å². The van der Waals surface area contributed by atoms with Crippen LogP contribution < -0.4 is 0 Å². The highest BCUT2D eigenvalue weighted by atomic mass is 33.1. The van der Waals surface area contributed by atoms with E-state index in [1.165, 1.54) is 0 Å². The van der Waals surface area contributed by atoms with Crippen LogP contribution in [0.25, 0.3) is 0 Å². The quantitative estimate of drug-likeness (QED) is 0.554. The van der Waals surface area contributed by atoms with Gasteiger partial charge in [-0.3, -0.25) is 0 Å². The standard InChI is InChI=1S/C6H14OS2.2CH4/c1-6(2,3)9-8-5-4-7;;/h7H,4-5H2,1-3H3;2*1H4. The van der Waals surface area contributed by atoms with Crippen molar-refractivity contribution in [3.05, 3.63) is 0 Å². The Hall–Kier alpha value is 0.660. The van der Waals surface area contributed by atoms with Crippen LogP contribution in [0.15, 0.2) is 0 Å². The van der Waals surface area contributed by atoms with Crippen molar-refractivity contribution in [2.75, 3.05) is 12.4 Å². The molecule has 0 amide bonds. The average Bonchev–Trinajstić information content (AvgIpc) is 1.63. The Balaban J connectivity index is -0.000000320. The molecule has 0 aromatic carbocycles. The lowest BCUT2D eigenvalue weighted by atomic mass is 10.3. The van der Waals surface area contributed by atoms with Gasteiger partial charge in [0.1, 0.15) is 0 Å². The molecule has 0 radical (unpaired) electrons. The molecule has 0 rings (SSSR count). The molecule has 3 heteroatoms. The highest BCUT2D eigenvalue weighted by Crippen LogP contribution is 2.34. The van der Waals surface area contributed by atoms with Gasteiger partial charge in [-0.15, -0.1) is 0 Å². The summed E-state index contributed by atoms with van der Waals surface area (Å²) in [6.45, 7) is 6.79. The summed E-state index contributed by atoms with van der Waals surface area (Å²) in [5.74, 6) is 0.835. The Kier molecular flexibility index (Phi) is 14.1. The Labute approximate surface area is 79.7 Å². The predicted molar refractivity (Wildman–Crippen MR) is 60.3 cm³/mol. The highest BCUT2D eigenvalue weighted by molar-refractivity contribution is 8.77. The van der Waals surface area contributed by atoms with Gasteiger partial charge in [0.2, 0.25) is 0 Å². The van der Waals surface area contributed by atoms with Crippen LogP contribution in [-0.4, -0.2) is 22.2 Å². The van der Waals surface area contributed by atoms with Crippen molar-refractivity contribution in [3.8, 4) is 0 Å². The zero-order valence-corrected chi connectivity index (χ0v) is 7.81. The zero-order chi connectivity index (χ0) is 7.33. The summed E-state index contributed by atoms with van der Waals surface area (Å²) in [7, 11) is 3.54. The first-order valence-electron chi connectivity index (χ1n) is 2.98. The van der Waals surface area contributed by atoms with Crippen LogP contribution in [0.5, 0.6) is 0 Å². The minimum absolute atomic E-state index is 0. The lowest BCUT2D eigenvalue weighted by Crippen LogP contribution is -2.04. The van der Waals surface area contributed by atoms with Crippen LogP contribution in [0.2, 0.25) is 0 Å². The van der Waals surface area contributed by atoms with Crippen molar-refractivity contribution in [2.45, 2.75) is 40.4 Å². The molecule has 0 aliphatic rings. The molecule has 0 heterocycles. The van der Waals surface area contributed by atoms with Gasteiger partial charge in [0.05, 0.1) is 6.61 Å². The van der Waals surface area contributed by atoms with Gasteiger partial charge in [0.15, 0.2) is 0 Å². The number of aliphatic hydroxyl groups excluding tert-OH is 1. The number of hydrogen-bond acceptors (Lipinski definition) is 3. The van der Waals surface area contributed by atoms with Crippen molar-refractivity contribution in [3.63, 3.8) is 0 Å². The normalized spacial score (nSPS) is 9.82. The molecule has 0 fully saturated rings. The Bertz CT molecular complexity index is 69.0. The summed E-state index contributed by atoms with van der Waals surface area (Å²) in [6.07, 6.45) is 0. The van der Waals surface area contributed by atoms with E-state index in [-0.39, 0.29) is 21.5 Å². The van der Waals surface area contributed by atoms with E-state index >= 15 is 0 Å². The van der Waals surface area contributed by atoms with Crippen LogP contribution >= 0.6 is 21.6 Å². The average molecular weight is 198 g/mol. The second kappa shape index (κ2) is 8.75. The zero-order valence-electron chi connectivity index (χ0n) is 6.18. The second-order valence-electron chi connectivity index (χ2n) is 2.74. The molecule has 0 aliphatic heterocycles. The fourth-order valence-electron chi connectivity index (χ4n) is 0.256. The molecule has 0 atom stereocenters. The van der Waals surface area contributed by atoms with Gasteiger partial charge < -0.3 is 5.11 Å². The predicted octanol–water partition coefficient (Wildman–Crippen LogP) is 3.43. The monoisotopic (exact) mass is 198 g/mol. The van der Waals surface area contributed by atoms with Gasteiger partial charge in [0.25, 0.3) is 0 Å². The Morgan fingerprint density at radius 2 is 1.64 bits per heavy atom. The topological polar surface area (TPSA) is 20.2 Å². The van der Waals surface area contributed by atoms with Gasteiger partial charge in [0, 0.05) is 10.5 Å². The molecule has 1 N–H and O–H groups in total. The fourth-order valence-corrected chi connectivity index (χ4v) is 2.30. The van der Waals surface area contributed by atoms with Crippen LogP contribution in [0.1, 0.15) is 35.6 Å². The minimum atomic E-state index is 0. The highest BCUT2D eigenvalue weighted by Gasteiger charge is 2.09. The molecule has 0 unspecified atom stereocenters. The van der Waals surface area contributed by atoms with Crippen LogP contribution in [0.3, 0.4) is 0 Å². The molecule has 0 aromatic heterocycles. The minimum Gasteiger partial charge on any atom is -0.395 e. The smallest absolute Gasteiger partial charge is 0.0530 e. The summed E-state index contributed by atoms with van der Waals surface area (Å²) >= 11 is 0. The van der Waals surface area contributed by atoms with Crippen molar-refractivity contribution >= 4 is 21.6 Å². The third kappa shape index (κ3) is 18.0. The first-order chi connectivity index (χ1) is 4.06. The molecular weight excluding hydrogens is 176 g/mol. The van der Waals surface area contributed by atoms with E-state index in [0.717, 1.165) is 5.75 Å². The molecule has 72 valence electrons. The molecule has 0 aliphatic carbocycles. The third-order valence-corrected chi connectivity index (χ3v) is 3.80. The summed E-state index contributed by atoms with van der Waals surface area (Å²) in [5, 5.41) is 8.43. The first-order valence-corrected chi connectivity index (χ1v) is 5.29. The van der Waals surface area contributed by atoms with Crippen LogP contribution in [0.4, 0.5) is 0 Å². The molecule has 0 saturated heterocycles. The first kappa shape index (κ1) is 17.7. The number of rotatable bonds is 3. The van der Waals surface area contributed by atoms with Crippen molar-refractivity contribution in [1.29, 1.82) is 0 Å². The molecule has 11 heavy (non-hydrogen) atoms. The maximum absolute atomic E-state index is 8.43. The SMILES string of the molecule is C.C.CC(C)(C)SSCCO. The number of aliphatic hydroxyl groups is 1. The maximum Gasteiger partial charge on any atom is 0.0530 e. The van der Waals surface area contributed by atoms with Gasteiger partial charge in [-0.05, 0) is 0 Å². The van der Waals surface area contributed by atoms with E-state index in [0.29, 0.717) is 4.75 Å². The number of hydrogen-bond donors (Lipinski definition) is 1. The van der Waals surface area contributed by atoms with Crippen molar-refractivity contribution < 1.29 is 5.11 Å². The molecule has 0 saturated carbocycles. The summed E-state index contributed by atoms with van der Waals surface area (Å²) in [6, 6.07) is 0. The van der Waals surface area contributed by atoms with Gasteiger partial charge >= 0.3 is 0 Å². The van der Waals surface area contributed by atoms with Crippen molar-refractivity contribution in [1.82, 2.24) is 0 Å². The largest absolute Gasteiger partial charge is 0.395 e. The maximum atomic E-state index is 8.43. The van der Waals surface area contributed by atoms with E-state index in [1.54, 1.807) is 10.8 Å². The van der Waals surface area contributed by atoms with E-state index in [1.807, 2.05) is 10.8 Å². The Morgan fingerprint density at radius 1 is 1.18 bits per heavy atom. The van der Waals surface area contributed by atoms with Crippen LogP contribution in [0, 0.1) is 0 Å². The lowest BCUT2D eigenvalue weighted by Gasteiger charge is -2.15. The van der Waals surface area contributed by atoms with Crippen molar-refractivity contribution in [2.24, 2.45) is 0 Å². The van der Waals surface area contributed by atoms with E-state index in [9.17, 15) is 0 Å². The Morgan fingerprint density at radius 3 is 1.91 bits per heavy atom.